The molecule has 0 N–H and O–H groups in total. The van der Waals surface area contributed by atoms with Crippen LogP contribution in [0.5, 0.6) is 0 Å². The van der Waals surface area contributed by atoms with Crippen molar-refractivity contribution in [1.29, 1.82) is 0 Å². The molecule has 0 saturated carbocycles. The highest BCUT2D eigenvalue weighted by Gasteiger charge is 2.35. The van der Waals surface area contributed by atoms with Gasteiger partial charge in [-0.15, -0.1) is 0 Å². The van der Waals surface area contributed by atoms with Gasteiger partial charge in [-0.1, -0.05) is 30.3 Å². The third-order valence-corrected chi connectivity index (χ3v) is 3.60. The molecule has 0 aliphatic carbocycles. The molecule has 0 spiro atoms. The maximum Gasteiger partial charge on any atom is 0.311 e. The van der Waals surface area contributed by atoms with Crippen molar-refractivity contribution in [1.82, 2.24) is 0 Å². The third-order valence-electron chi connectivity index (χ3n) is 3.60. The van der Waals surface area contributed by atoms with Crippen molar-refractivity contribution in [2.24, 2.45) is 5.92 Å². The van der Waals surface area contributed by atoms with Crippen LogP contribution in [-0.2, 0) is 20.7 Å². The average molecular weight is 262 g/mol. The zero-order valence-electron chi connectivity index (χ0n) is 11.7. The molecule has 104 valence electrons. The summed E-state index contributed by atoms with van der Waals surface area (Å²) in [7, 11) is 0. The Kier molecular flexibility index (Phi) is 4.97. The second-order valence-electron chi connectivity index (χ2n) is 5.25. The molecule has 0 aromatic heterocycles. The Hall–Kier alpha value is -1.35. The molecule has 0 bridgehead atoms. The van der Waals surface area contributed by atoms with E-state index in [0.717, 1.165) is 19.3 Å². The summed E-state index contributed by atoms with van der Waals surface area (Å²) in [4.78, 5) is 11.9. The van der Waals surface area contributed by atoms with Crippen LogP contribution in [0.2, 0.25) is 0 Å². The predicted molar refractivity (Wildman–Crippen MR) is 73.8 cm³/mol. The zero-order valence-corrected chi connectivity index (χ0v) is 11.7. The molecular weight excluding hydrogens is 240 g/mol. The summed E-state index contributed by atoms with van der Waals surface area (Å²) in [5.41, 5.74) is 1.28. The lowest BCUT2D eigenvalue weighted by atomic mass is 10.0. The van der Waals surface area contributed by atoms with Crippen LogP contribution < -0.4 is 0 Å². The van der Waals surface area contributed by atoms with Gasteiger partial charge in [-0.25, -0.2) is 0 Å². The number of hydrogen-bond acceptors (Lipinski definition) is 3. The minimum atomic E-state index is -0.107. The van der Waals surface area contributed by atoms with E-state index in [1.165, 1.54) is 5.56 Å². The first kappa shape index (κ1) is 14.1. The van der Waals surface area contributed by atoms with Gasteiger partial charge in [0.05, 0.1) is 24.7 Å². The van der Waals surface area contributed by atoms with E-state index in [-0.39, 0.29) is 24.1 Å². The molecule has 1 aromatic carbocycles. The standard InChI is InChI=1S/C16H22O3/c1-12-11-15(13(2)19-12)16(17)18-10-6-9-14-7-4-3-5-8-14/h3-5,7-8,12-13,15H,6,9-11H2,1-2H3. The summed E-state index contributed by atoms with van der Waals surface area (Å²) in [6.07, 6.45) is 2.74. The zero-order chi connectivity index (χ0) is 13.7. The van der Waals surface area contributed by atoms with Gasteiger partial charge in [-0.2, -0.15) is 0 Å². The Bertz CT molecular complexity index is 402. The highest BCUT2D eigenvalue weighted by Crippen LogP contribution is 2.27. The summed E-state index contributed by atoms with van der Waals surface area (Å²) < 4.78 is 10.9. The number of esters is 1. The summed E-state index contributed by atoms with van der Waals surface area (Å²) in [6.45, 7) is 4.43. The molecular formula is C16H22O3. The number of rotatable bonds is 5. The predicted octanol–water partition coefficient (Wildman–Crippen LogP) is 2.98. The van der Waals surface area contributed by atoms with Crippen LogP contribution in [0.3, 0.4) is 0 Å². The molecule has 19 heavy (non-hydrogen) atoms. The number of aryl methyl sites for hydroxylation is 1. The van der Waals surface area contributed by atoms with E-state index in [1.807, 2.05) is 32.0 Å². The Labute approximate surface area is 114 Å². The smallest absolute Gasteiger partial charge is 0.311 e. The van der Waals surface area contributed by atoms with Gasteiger partial charge in [-0.3, -0.25) is 4.79 Å². The van der Waals surface area contributed by atoms with E-state index in [9.17, 15) is 4.79 Å². The molecule has 0 amide bonds. The minimum Gasteiger partial charge on any atom is -0.465 e. The number of ether oxygens (including phenoxy) is 2. The summed E-state index contributed by atoms with van der Waals surface area (Å²) >= 11 is 0. The van der Waals surface area contributed by atoms with Gasteiger partial charge in [0.1, 0.15) is 0 Å². The Morgan fingerprint density at radius 3 is 2.68 bits per heavy atom. The SMILES string of the molecule is CC1CC(C(=O)OCCCc2ccccc2)C(C)O1. The lowest BCUT2D eigenvalue weighted by Gasteiger charge is -2.13. The maximum atomic E-state index is 11.9. The van der Waals surface area contributed by atoms with Crippen molar-refractivity contribution < 1.29 is 14.3 Å². The second kappa shape index (κ2) is 6.71. The first-order valence-corrected chi connectivity index (χ1v) is 7.03. The third kappa shape index (κ3) is 4.06. The second-order valence-corrected chi connectivity index (χ2v) is 5.25. The molecule has 3 atom stereocenters. The lowest BCUT2D eigenvalue weighted by Crippen LogP contribution is -2.24. The van der Waals surface area contributed by atoms with E-state index < -0.39 is 0 Å². The van der Waals surface area contributed by atoms with Crippen LogP contribution in [0.4, 0.5) is 0 Å². The number of benzene rings is 1. The molecule has 2 rings (SSSR count). The fraction of sp³-hybridized carbons (Fsp3) is 0.562. The van der Waals surface area contributed by atoms with Gasteiger partial charge < -0.3 is 9.47 Å². The molecule has 1 aliphatic rings. The van der Waals surface area contributed by atoms with Crippen molar-refractivity contribution in [3.8, 4) is 0 Å². The van der Waals surface area contributed by atoms with Crippen LogP contribution in [0.25, 0.3) is 0 Å². The Balaban J connectivity index is 1.67. The van der Waals surface area contributed by atoms with Gasteiger partial charge in [-0.05, 0) is 38.7 Å². The molecule has 3 heteroatoms. The van der Waals surface area contributed by atoms with Crippen LogP contribution in [0, 0.1) is 5.92 Å². The Morgan fingerprint density at radius 1 is 1.32 bits per heavy atom. The molecule has 3 nitrogen and oxygen atoms in total. The molecule has 1 aliphatic heterocycles. The van der Waals surface area contributed by atoms with Crippen molar-refractivity contribution in [3.63, 3.8) is 0 Å². The van der Waals surface area contributed by atoms with Crippen molar-refractivity contribution >= 4 is 5.97 Å². The van der Waals surface area contributed by atoms with E-state index >= 15 is 0 Å². The van der Waals surface area contributed by atoms with E-state index in [0.29, 0.717) is 6.61 Å². The maximum absolute atomic E-state index is 11.9. The van der Waals surface area contributed by atoms with Crippen LogP contribution in [0.1, 0.15) is 32.3 Å². The van der Waals surface area contributed by atoms with Crippen LogP contribution in [-0.4, -0.2) is 24.8 Å². The first-order chi connectivity index (χ1) is 9.16. The normalized spacial score (nSPS) is 26.3. The molecule has 1 saturated heterocycles. The van der Waals surface area contributed by atoms with E-state index in [2.05, 4.69) is 12.1 Å². The highest BCUT2D eigenvalue weighted by molar-refractivity contribution is 5.73. The van der Waals surface area contributed by atoms with Gasteiger partial charge in [0, 0.05) is 0 Å². The minimum absolute atomic E-state index is 0.0170. The fourth-order valence-corrected chi connectivity index (χ4v) is 2.55. The summed E-state index contributed by atoms with van der Waals surface area (Å²) in [5, 5.41) is 0. The molecule has 1 fully saturated rings. The van der Waals surface area contributed by atoms with Crippen LogP contribution in [0.15, 0.2) is 30.3 Å². The van der Waals surface area contributed by atoms with Gasteiger partial charge in [0.2, 0.25) is 0 Å². The summed E-state index contributed by atoms with van der Waals surface area (Å²) in [6, 6.07) is 10.2. The number of carbonyl (C=O) groups excluding carboxylic acids is 1. The number of hydrogen-bond donors (Lipinski definition) is 0. The van der Waals surface area contributed by atoms with E-state index in [1.54, 1.807) is 0 Å². The van der Waals surface area contributed by atoms with Crippen molar-refractivity contribution in [2.45, 2.75) is 45.3 Å². The van der Waals surface area contributed by atoms with Crippen molar-refractivity contribution in [3.05, 3.63) is 35.9 Å². The van der Waals surface area contributed by atoms with Crippen LogP contribution >= 0.6 is 0 Å². The average Bonchev–Trinajstić information content (AvgIpc) is 2.75. The van der Waals surface area contributed by atoms with Crippen molar-refractivity contribution in [2.75, 3.05) is 6.61 Å². The molecule has 0 radical (unpaired) electrons. The van der Waals surface area contributed by atoms with Gasteiger partial charge in [0.25, 0.3) is 0 Å². The highest BCUT2D eigenvalue weighted by atomic mass is 16.5. The first-order valence-electron chi connectivity index (χ1n) is 7.03. The Morgan fingerprint density at radius 2 is 2.05 bits per heavy atom. The fourth-order valence-electron chi connectivity index (χ4n) is 2.55. The molecule has 1 aromatic rings. The molecule has 3 unspecified atom stereocenters. The van der Waals surface area contributed by atoms with Gasteiger partial charge >= 0.3 is 5.97 Å². The molecule has 1 heterocycles. The summed E-state index contributed by atoms with van der Waals surface area (Å²) in [5.74, 6) is -0.198. The quantitative estimate of drug-likeness (QED) is 0.604. The van der Waals surface area contributed by atoms with Gasteiger partial charge in [0.15, 0.2) is 0 Å². The lowest BCUT2D eigenvalue weighted by molar-refractivity contribution is -0.150. The van der Waals surface area contributed by atoms with E-state index in [4.69, 9.17) is 9.47 Å². The largest absolute Gasteiger partial charge is 0.465 e. The monoisotopic (exact) mass is 262 g/mol. The topological polar surface area (TPSA) is 35.5 Å². The number of carbonyl (C=O) groups is 1.